The van der Waals surface area contributed by atoms with Gasteiger partial charge in [-0.25, -0.2) is 0 Å². The minimum absolute atomic E-state index is 0.755. The molecule has 2 unspecified atom stereocenters. The number of hydrogen-bond donors (Lipinski definition) is 1. The standard InChI is InChI=1S/C16H32N2/c1-3-8-14-13-18(15-10-6-5-7-11-15)16(9-4-2)12-17-14/h14-17H,3-13H2,1-2H3. The lowest BCUT2D eigenvalue weighted by molar-refractivity contribution is 0.0550. The summed E-state index contributed by atoms with van der Waals surface area (Å²) in [4.78, 5) is 2.89. The van der Waals surface area contributed by atoms with E-state index >= 15 is 0 Å². The number of nitrogens with zero attached hydrogens (tertiary/aromatic N) is 1. The first-order valence-electron chi connectivity index (χ1n) is 8.34. The predicted molar refractivity (Wildman–Crippen MR) is 79.0 cm³/mol. The molecule has 2 rings (SSSR count). The van der Waals surface area contributed by atoms with E-state index in [0.717, 1.165) is 18.1 Å². The minimum atomic E-state index is 0.755. The number of rotatable bonds is 5. The molecule has 2 aliphatic rings. The van der Waals surface area contributed by atoms with Crippen LogP contribution in [0, 0.1) is 0 Å². The Morgan fingerprint density at radius 1 is 1.00 bits per heavy atom. The third kappa shape index (κ3) is 3.71. The summed E-state index contributed by atoms with van der Waals surface area (Å²) in [5, 5.41) is 3.78. The van der Waals surface area contributed by atoms with Gasteiger partial charge < -0.3 is 5.32 Å². The zero-order chi connectivity index (χ0) is 12.8. The van der Waals surface area contributed by atoms with Crippen LogP contribution in [0.5, 0.6) is 0 Å². The van der Waals surface area contributed by atoms with Gasteiger partial charge in [0.05, 0.1) is 0 Å². The van der Waals surface area contributed by atoms with E-state index in [0.29, 0.717) is 0 Å². The molecule has 106 valence electrons. The molecule has 2 fully saturated rings. The predicted octanol–water partition coefficient (Wildman–Crippen LogP) is 3.56. The van der Waals surface area contributed by atoms with Crippen molar-refractivity contribution in [1.29, 1.82) is 0 Å². The Bertz CT molecular complexity index is 218. The molecule has 1 heterocycles. The van der Waals surface area contributed by atoms with Crippen molar-refractivity contribution in [2.45, 2.75) is 89.8 Å². The third-order valence-electron chi connectivity index (χ3n) is 4.85. The van der Waals surface area contributed by atoms with E-state index in [2.05, 4.69) is 24.1 Å². The Morgan fingerprint density at radius 3 is 2.39 bits per heavy atom. The number of hydrogen-bond acceptors (Lipinski definition) is 2. The van der Waals surface area contributed by atoms with Gasteiger partial charge >= 0.3 is 0 Å². The molecule has 1 N–H and O–H groups in total. The maximum atomic E-state index is 3.78. The number of piperazine rings is 1. The Morgan fingerprint density at radius 2 is 1.72 bits per heavy atom. The Balaban J connectivity index is 1.94. The summed E-state index contributed by atoms with van der Waals surface area (Å²) in [6.07, 6.45) is 12.7. The fourth-order valence-corrected chi connectivity index (χ4v) is 3.89. The van der Waals surface area contributed by atoms with Gasteiger partial charge in [0.25, 0.3) is 0 Å². The van der Waals surface area contributed by atoms with Crippen LogP contribution in [-0.4, -0.2) is 36.1 Å². The molecule has 0 amide bonds. The van der Waals surface area contributed by atoms with E-state index in [4.69, 9.17) is 0 Å². The molecule has 0 spiro atoms. The molecule has 0 aromatic heterocycles. The van der Waals surface area contributed by atoms with Crippen molar-refractivity contribution in [1.82, 2.24) is 10.2 Å². The van der Waals surface area contributed by atoms with Crippen LogP contribution >= 0.6 is 0 Å². The number of nitrogens with one attached hydrogen (secondary N) is 1. The molecule has 1 aliphatic heterocycles. The maximum absolute atomic E-state index is 3.78. The van der Waals surface area contributed by atoms with Gasteiger partial charge in [-0.15, -0.1) is 0 Å². The summed E-state index contributed by atoms with van der Waals surface area (Å²) in [6.45, 7) is 7.18. The molecule has 1 saturated heterocycles. The summed E-state index contributed by atoms with van der Waals surface area (Å²) in [5.41, 5.74) is 0. The first-order chi connectivity index (χ1) is 8.85. The van der Waals surface area contributed by atoms with Gasteiger partial charge in [-0.3, -0.25) is 4.90 Å². The summed E-state index contributed by atoms with van der Waals surface area (Å²) >= 11 is 0. The molecule has 0 radical (unpaired) electrons. The van der Waals surface area contributed by atoms with Gasteiger partial charge in [0.1, 0.15) is 0 Å². The van der Waals surface area contributed by atoms with E-state index in [1.807, 2.05) is 0 Å². The minimum Gasteiger partial charge on any atom is -0.311 e. The van der Waals surface area contributed by atoms with Crippen LogP contribution in [0.15, 0.2) is 0 Å². The van der Waals surface area contributed by atoms with Crippen LogP contribution < -0.4 is 5.32 Å². The highest BCUT2D eigenvalue weighted by Gasteiger charge is 2.32. The van der Waals surface area contributed by atoms with E-state index in [-0.39, 0.29) is 0 Å². The van der Waals surface area contributed by atoms with Crippen LogP contribution in [0.4, 0.5) is 0 Å². The first-order valence-corrected chi connectivity index (χ1v) is 8.34. The van der Waals surface area contributed by atoms with Gasteiger partial charge in [-0.2, -0.15) is 0 Å². The van der Waals surface area contributed by atoms with Crippen molar-refractivity contribution in [3.63, 3.8) is 0 Å². The van der Waals surface area contributed by atoms with Crippen molar-refractivity contribution in [2.75, 3.05) is 13.1 Å². The lowest BCUT2D eigenvalue weighted by Crippen LogP contribution is -2.59. The Hall–Kier alpha value is -0.0800. The summed E-state index contributed by atoms with van der Waals surface area (Å²) < 4.78 is 0. The Kier molecular flexibility index (Phi) is 5.97. The quantitative estimate of drug-likeness (QED) is 0.805. The summed E-state index contributed by atoms with van der Waals surface area (Å²) in [7, 11) is 0. The second-order valence-corrected chi connectivity index (χ2v) is 6.32. The highest BCUT2D eigenvalue weighted by molar-refractivity contribution is 4.90. The van der Waals surface area contributed by atoms with Crippen molar-refractivity contribution >= 4 is 0 Å². The largest absolute Gasteiger partial charge is 0.311 e. The molecule has 1 aliphatic carbocycles. The third-order valence-corrected chi connectivity index (χ3v) is 4.85. The lowest BCUT2D eigenvalue weighted by Gasteiger charge is -2.46. The monoisotopic (exact) mass is 252 g/mol. The molecule has 18 heavy (non-hydrogen) atoms. The average Bonchev–Trinajstić information content (AvgIpc) is 2.42. The van der Waals surface area contributed by atoms with Crippen molar-refractivity contribution in [2.24, 2.45) is 0 Å². The highest BCUT2D eigenvalue weighted by Crippen LogP contribution is 2.27. The van der Waals surface area contributed by atoms with E-state index in [9.17, 15) is 0 Å². The van der Waals surface area contributed by atoms with Crippen molar-refractivity contribution in [3.8, 4) is 0 Å². The molecule has 1 saturated carbocycles. The average molecular weight is 252 g/mol. The van der Waals surface area contributed by atoms with E-state index in [1.54, 1.807) is 0 Å². The second kappa shape index (κ2) is 7.49. The van der Waals surface area contributed by atoms with Crippen LogP contribution in [0.1, 0.15) is 71.6 Å². The van der Waals surface area contributed by atoms with Crippen LogP contribution in [-0.2, 0) is 0 Å². The molecular weight excluding hydrogens is 220 g/mol. The van der Waals surface area contributed by atoms with Gasteiger partial charge in [0.2, 0.25) is 0 Å². The zero-order valence-electron chi connectivity index (χ0n) is 12.5. The normalized spacial score (nSPS) is 31.7. The highest BCUT2D eigenvalue weighted by atomic mass is 15.3. The van der Waals surface area contributed by atoms with E-state index < -0.39 is 0 Å². The van der Waals surface area contributed by atoms with Crippen LogP contribution in [0.2, 0.25) is 0 Å². The fraction of sp³-hybridized carbons (Fsp3) is 1.00. The smallest absolute Gasteiger partial charge is 0.0224 e. The van der Waals surface area contributed by atoms with Gasteiger partial charge in [0.15, 0.2) is 0 Å². The molecule has 2 heteroatoms. The molecule has 0 aromatic rings. The summed E-state index contributed by atoms with van der Waals surface area (Å²) in [6, 6.07) is 2.47. The molecular formula is C16H32N2. The van der Waals surface area contributed by atoms with Gasteiger partial charge in [-0.05, 0) is 25.7 Å². The maximum Gasteiger partial charge on any atom is 0.0224 e. The lowest BCUT2D eigenvalue weighted by atomic mass is 9.90. The Labute approximate surface area is 114 Å². The van der Waals surface area contributed by atoms with Crippen LogP contribution in [0.25, 0.3) is 0 Å². The molecule has 0 bridgehead atoms. The summed E-state index contributed by atoms with van der Waals surface area (Å²) in [5.74, 6) is 0. The SMILES string of the molecule is CCCC1CN(C2CCCCC2)C(CCC)CN1. The van der Waals surface area contributed by atoms with E-state index in [1.165, 1.54) is 70.9 Å². The topological polar surface area (TPSA) is 15.3 Å². The second-order valence-electron chi connectivity index (χ2n) is 6.32. The molecule has 0 aromatic carbocycles. The molecule has 2 nitrogen and oxygen atoms in total. The zero-order valence-corrected chi connectivity index (χ0v) is 12.5. The van der Waals surface area contributed by atoms with Gasteiger partial charge in [-0.1, -0.05) is 46.0 Å². The molecule has 2 atom stereocenters. The van der Waals surface area contributed by atoms with Gasteiger partial charge in [0, 0.05) is 31.2 Å². The van der Waals surface area contributed by atoms with Crippen LogP contribution in [0.3, 0.4) is 0 Å². The van der Waals surface area contributed by atoms with Crippen molar-refractivity contribution < 1.29 is 0 Å². The van der Waals surface area contributed by atoms with Crippen molar-refractivity contribution in [3.05, 3.63) is 0 Å². The first kappa shape index (κ1) is 14.3. The fourth-order valence-electron chi connectivity index (χ4n) is 3.89.